The van der Waals surface area contributed by atoms with Crippen molar-refractivity contribution < 1.29 is 29.1 Å². The lowest BCUT2D eigenvalue weighted by Crippen LogP contribution is -2.37. The number of hydrogen-bond acceptors (Lipinski definition) is 6. The van der Waals surface area contributed by atoms with Crippen LogP contribution in [0.15, 0.2) is 72.8 Å². The minimum absolute atomic E-state index is 0.0632. The lowest BCUT2D eigenvalue weighted by molar-refractivity contribution is 0.104. The van der Waals surface area contributed by atoms with E-state index in [2.05, 4.69) is 5.32 Å². The smallest absolute Gasteiger partial charge is 0.218 e. The highest BCUT2D eigenvalue weighted by atomic mass is 31.1. The largest absolute Gasteiger partial charge is 0.508 e. The summed E-state index contributed by atoms with van der Waals surface area (Å²) in [7, 11) is -2.85. The molecule has 0 heterocycles. The van der Waals surface area contributed by atoms with Gasteiger partial charge in [-0.2, -0.15) is 0 Å². The summed E-state index contributed by atoms with van der Waals surface area (Å²) in [5.41, 5.74) is 1.70. The minimum Gasteiger partial charge on any atom is -0.508 e. The average molecular weight is 471 g/mol. The Hall–Kier alpha value is -2.83. The first-order valence-electron chi connectivity index (χ1n) is 10.8. The molecule has 0 amide bonds. The number of rotatable bonds is 12. The van der Waals surface area contributed by atoms with E-state index in [-0.39, 0.29) is 25.0 Å². The molecule has 33 heavy (non-hydrogen) atoms. The van der Waals surface area contributed by atoms with Gasteiger partial charge in [0.05, 0.1) is 0 Å². The van der Waals surface area contributed by atoms with Crippen LogP contribution in [0.25, 0.3) is 0 Å². The molecule has 0 saturated carbocycles. The van der Waals surface area contributed by atoms with Crippen molar-refractivity contribution in [3.05, 3.63) is 83.9 Å². The van der Waals surface area contributed by atoms with Gasteiger partial charge in [0.15, 0.2) is 0 Å². The molecule has 0 aliphatic heterocycles. The van der Waals surface area contributed by atoms with E-state index >= 15 is 0 Å². The number of aliphatic hydroxyl groups excluding tert-OH is 1. The second-order valence-corrected chi connectivity index (χ2v) is 9.02. The highest BCUT2D eigenvalue weighted by Gasteiger charge is 2.13. The summed E-state index contributed by atoms with van der Waals surface area (Å²) in [6.45, 7) is 2.70. The van der Waals surface area contributed by atoms with Crippen molar-refractivity contribution >= 4 is 13.3 Å². The van der Waals surface area contributed by atoms with E-state index in [1.807, 2.05) is 49.4 Å². The monoisotopic (exact) mass is 471 g/mol. The number of aliphatic hydroxyl groups is 1. The number of ether oxygens (including phenoxy) is 2. The number of para-hydroxylation sites is 1. The van der Waals surface area contributed by atoms with E-state index in [1.54, 1.807) is 18.2 Å². The molecule has 3 aromatic rings. The average Bonchev–Trinajstić information content (AvgIpc) is 2.81. The van der Waals surface area contributed by atoms with Gasteiger partial charge in [0.2, 0.25) is 8.03 Å². The Morgan fingerprint density at radius 3 is 2.36 bits per heavy atom. The number of aromatic hydroxyl groups is 1. The fraction of sp³-hybridized carbons (Fsp3) is 0.280. The van der Waals surface area contributed by atoms with Gasteiger partial charge in [0, 0.05) is 23.5 Å². The van der Waals surface area contributed by atoms with E-state index < -0.39 is 14.1 Å². The molecule has 3 aromatic carbocycles. The van der Waals surface area contributed by atoms with Gasteiger partial charge in [-0.05, 0) is 61.4 Å². The Balaban J connectivity index is 1.51. The molecule has 0 aliphatic carbocycles. The van der Waals surface area contributed by atoms with Gasteiger partial charge in [-0.1, -0.05) is 30.3 Å². The fourth-order valence-corrected chi connectivity index (χ4v) is 3.98. The second-order valence-electron chi connectivity index (χ2n) is 7.87. The number of nitrogens with one attached hydrogen (secondary N) is 1. The van der Waals surface area contributed by atoms with E-state index in [1.165, 1.54) is 12.1 Å². The highest BCUT2D eigenvalue weighted by Crippen LogP contribution is 2.20. The lowest BCUT2D eigenvalue weighted by atomic mass is 10.0. The van der Waals surface area contributed by atoms with Crippen molar-refractivity contribution in [1.29, 1.82) is 0 Å². The molecule has 0 aromatic heterocycles. The topological polar surface area (TPSA) is 108 Å². The Labute approximate surface area is 194 Å². The molecular weight excluding hydrogens is 441 g/mol. The summed E-state index contributed by atoms with van der Waals surface area (Å²) in [5, 5.41) is 23.2. The van der Waals surface area contributed by atoms with Crippen molar-refractivity contribution in [1.82, 2.24) is 5.32 Å². The normalized spacial score (nSPS) is 13.8. The van der Waals surface area contributed by atoms with E-state index in [0.29, 0.717) is 35.3 Å². The van der Waals surface area contributed by atoms with Crippen molar-refractivity contribution in [2.24, 2.45) is 0 Å². The summed E-state index contributed by atoms with van der Waals surface area (Å²) < 4.78 is 23.1. The van der Waals surface area contributed by atoms with Gasteiger partial charge in [0.1, 0.15) is 36.6 Å². The Morgan fingerprint density at radius 1 is 0.970 bits per heavy atom. The summed E-state index contributed by atoms with van der Waals surface area (Å²) in [4.78, 5) is 9.69. The molecule has 0 fully saturated rings. The Kier molecular flexibility index (Phi) is 9.34. The first-order chi connectivity index (χ1) is 15.9. The third kappa shape index (κ3) is 8.22. The summed E-state index contributed by atoms with van der Waals surface area (Å²) >= 11 is 0. The molecule has 0 bridgehead atoms. The fourth-order valence-electron chi connectivity index (χ4n) is 3.34. The van der Waals surface area contributed by atoms with Gasteiger partial charge < -0.3 is 29.9 Å². The predicted octanol–water partition coefficient (Wildman–Crippen LogP) is 3.02. The molecule has 3 atom stereocenters. The molecule has 0 radical (unpaired) electrons. The van der Waals surface area contributed by atoms with Crippen LogP contribution in [0.1, 0.15) is 18.1 Å². The third-order valence-electron chi connectivity index (χ3n) is 5.06. The zero-order valence-corrected chi connectivity index (χ0v) is 19.5. The van der Waals surface area contributed by atoms with Crippen LogP contribution in [0.4, 0.5) is 0 Å². The second kappa shape index (κ2) is 12.4. The molecule has 7 nitrogen and oxygen atoms in total. The number of phenols is 1. The molecule has 0 saturated heterocycles. The summed E-state index contributed by atoms with van der Waals surface area (Å²) in [6, 6.07) is 21.2. The SMILES string of the molecule is CC(Cc1ccc([P@H](=O)O)c(COc2ccccc2)c1)NCC(O)COc1ccc(O)cc1. The standard InChI is InChI=1S/C25H30NO6P/c1-18(26-15-22(28)17-32-24-10-8-21(27)9-11-24)13-19-7-12-25(33(29)30)20(14-19)16-31-23-5-3-2-4-6-23/h2-12,14,18,22,26-28,33H,13,15-17H2,1H3,(H,29,30). The lowest BCUT2D eigenvalue weighted by Gasteiger charge is -2.18. The summed E-state index contributed by atoms with van der Waals surface area (Å²) in [6.07, 6.45) is -0.0188. The highest BCUT2D eigenvalue weighted by molar-refractivity contribution is 7.47. The molecule has 2 unspecified atom stereocenters. The molecular formula is C25H30NO6P. The van der Waals surface area contributed by atoms with Gasteiger partial charge >= 0.3 is 0 Å². The maximum atomic E-state index is 11.8. The zero-order chi connectivity index (χ0) is 23.6. The number of benzene rings is 3. The molecule has 8 heteroatoms. The van der Waals surface area contributed by atoms with Gasteiger partial charge in [0.25, 0.3) is 0 Å². The van der Waals surface area contributed by atoms with Crippen molar-refractivity contribution in [2.45, 2.75) is 32.1 Å². The maximum absolute atomic E-state index is 11.8. The molecule has 176 valence electrons. The van der Waals surface area contributed by atoms with Crippen LogP contribution in [0.2, 0.25) is 0 Å². The predicted molar refractivity (Wildman–Crippen MR) is 129 cm³/mol. The minimum atomic E-state index is -2.85. The van der Waals surface area contributed by atoms with Gasteiger partial charge in [-0.15, -0.1) is 0 Å². The third-order valence-corrected chi connectivity index (χ3v) is 6.01. The summed E-state index contributed by atoms with van der Waals surface area (Å²) in [5.74, 6) is 1.44. The number of hydrogen-bond donors (Lipinski definition) is 4. The molecule has 3 rings (SSSR count). The molecule has 0 aliphatic rings. The van der Waals surface area contributed by atoms with Gasteiger partial charge in [-0.3, -0.25) is 4.57 Å². The Morgan fingerprint density at radius 2 is 1.67 bits per heavy atom. The molecule has 4 N–H and O–H groups in total. The van der Waals surface area contributed by atoms with Crippen LogP contribution in [0.5, 0.6) is 17.2 Å². The zero-order valence-electron chi connectivity index (χ0n) is 18.5. The van der Waals surface area contributed by atoms with Gasteiger partial charge in [-0.25, -0.2) is 0 Å². The van der Waals surface area contributed by atoms with Crippen LogP contribution in [0, 0.1) is 0 Å². The maximum Gasteiger partial charge on any atom is 0.218 e. The quantitative estimate of drug-likeness (QED) is 0.301. The van der Waals surface area contributed by atoms with E-state index in [9.17, 15) is 19.7 Å². The van der Waals surface area contributed by atoms with E-state index in [4.69, 9.17) is 9.47 Å². The first-order valence-corrected chi connectivity index (χ1v) is 12.1. The van der Waals surface area contributed by atoms with Crippen molar-refractivity contribution in [3.8, 4) is 17.2 Å². The van der Waals surface area contributed by atoms with Crippen LogP contribution in [0.3, 0.4) is 0 Å². The van der Waals surface area contributed by atoms with Crippen LogP contribution < -0.4 is 20.1 Å². The van der Waals surface area contributed by atoms with Crippen LogP contribution in [-0.4, -0.2) is 40.4 Å². The number of phenolic OH excluding ortho intramolecular Hbond substituents is 1. The van der Waals surface area contributed by atoms with Crippen LogP contribution in [-0.2, 0) is 17.6 Å². The molecule has 0 spiro atoms. The first kappa shape index (κ1) is 24.8. The van der Waals surface area contributed by atoms with E-state index in [0.717, 1.165) is 5.56 Å². The van der Waals surface area contributed by atoms with Crippen LogP contribution >= 0.6 is 8.03 Å². The van der Waals surface area contributed by atoms with Crippen molar-refractivity contribution in [3.63, 3.8) is 0 Å². The van der Waals surface area contributed by atoms with Crippen molar-refractivity contribution in [2.75, 3.05) is 13.2 Å². The Bertz CT molecular complexity index is 1030.